The molecule has 25 heavy (non-hydrogen) atoms. The summed E-state index contributed by atoms with van der Waals surface area (Å²) in [6.07, 6.45) is 0.290. The van der Waals surface area contributed by atoms with Crippen LogP contribution in [-0.2, 0) is 22.6 Å². The van der Waals surface area contributed by atoms with Gasteiger partial charge in [-0.1, -0.05) is 60.2 Å². The largest absolute Gasteiger partial charge is 0.355 e. The summed E-state index contributed by atoms with van der Waals surface area (Å²) in [5, 5.41) is 2.81. The van der Waals surface area contributed by atoms with Crippen molar-refractivity contribution < 1.29 is 9.59 Å². The van der Waals surface area contributed by atoms with E-state index in [1.54, 1.807) is 11.8 Å². The van der Waals surface area contributed by atoms with Gasteiger partial charge in [0.25, 0.3) is 0 Å². The molecule has 4 heteroatoms. The summed E-state index contributed by atoms with van der Waals surface area (Å²) in [4.78, 5) is 26.9. The van der Waals surface area contributed by atoms with Crippen LogP contribution in [0.15, 0.2) is 54.6 Å². The Morgan fingerprint density at radius 1 is 1.04 bits per heavy atom. The van der Waals surface area contributed by atoms with E-state index in [1.807, 2.05) is 68.4 Å². The number of benzene rings is 2. The maximum absolute atomic E-state index is 12.9. The quantitative estimate of drug-likeness (QED) is 0.843. The zero-order valence-corrected chi connectivity index (χ0v) is 15.2. The molecule has 4 nitrogen and oxygen atoms in total. The Hall–Kier alpha value is -2.62. The maximum Gasteiger partial charge on any atom is 0.242 e. The summed E-state index contributed by atoms with van der Waals surface area (Å²) in [6, 6.07) is 17.2. The molecule has 0 aliphatic heterocycles. The van der Waals surface area contributed by atoms with Gasteiger partial charge in [0.1, 0.15) is 6.04 Å². The lowest BCUT2D eigenvalue weighted by Crippen LogP contribution is -2.48. The minimum Gasteiger partial charge on any atom is -0.355 e. The van der Waals surface area contributed by atoms with Crippen LogP contribution >= 0.6 is 0 Å². The summed E-state index contributed by atoms with van der Waals surface area (Å²) in [5.74, 6) is -0.177. The molecular formula is C21H26N2O2. The van der Waals surface area contributed by atoms with Crippen LogP contribution in [0.3, 0.4) is 0 Å². The van der Waals surface area contributed by atoms with E-state index >= 15 is 0 Å². The highest BCUT2D eigenvalue weighted by Gasteiger charge is 2.25. The fourth-order valence-corrected chi connectivity index (χ4v) is 2.78. The van der Waals surface area contributed by atoms with Crippen LogP contribution in [-0.4, -0.2) is 29.3 Å². The Morgan fingerprint density at radius 2 is 1.72 bits per heavy atom. The molecule has 0 aliphatic carbocycles. The average molecular weight is 338 g/mol. The fourth-order valence-electron chi connectivity index (χ4n) is 2.78. The van der Waals surface area contributed by atoms with Gasteiger partial charge in [0.15, 0.2) is 0 Å². The van der Waals surface area contributed by atoms with Crippen molar-refractivity contribution in [2.45, 2.75) is 39.8 Å². The molecule has 0 saturated carbocycles. The Balaban J connectivity index is 2.20. The number of carbonyl (C=O) groups is 2. The van der Waals surface area contributed by atoms with Crippen LogP contribution in [0.2, 0.25) is 0 Å². The van der Waals surface area contributed by atoms with E-state index in [9.17, 15) is 9.59 Å². The third-order valence-electron chi connectivity index (χ3n) is 4.15. The molecule has 0 spiro atoms. The number of likely N-dealkylation sites (N-methyl/N-ethyl adjacent to an activating group) is 1. The van der Waals surface area contributed by atoms with Gasteiger partial charge in [0.05, 0.1) is 6.42 Å². The minimum absolute atomic E-state index is 0.0480. The van der Waals surface area contributed by atoms with E-state index in [4.69, 9.17) is 0 Å². The number of hydrogen-bond donors (Lipinski definition) is 1. The molecular weight excluding hydrogens is 312 g/mol. The summed E-state index contributed by atoms with van der Waals surface area (Å²) in [6.45, 7) is 6.63. The third kappa shape index (κ3) is 5.45. The standard InChI is InChI=1S/C21H26N2O2/c1-4-22-21(25)17(3)23(15-18-10-6-5-7-11-18)20(24)14-19-12-8-9-16(2)13-19/h5-13,17H,4,14-15H2,1-3H3,(H,22,25). The SMILES string of the molecule is CCNC(=O)C(C)N(Cc1ccccc1)C(=O)Cc1cccc(C)c1. The van der Waals surface area contributed by atoms with E-state index in [-0.39, 0.29) is 18.2 Å². The van der Waals surface area contributed by atoms with Crippen molar-refractivity contribution in [3.8, 4) is 0 Å². The molecule has 2 amide bonds. The lowest BCUT2D eigenvalue weighted by molar-refractivity contribution is -0.140. The highest BCUT2D eigenvalue weighted by molar-refractivity contribution is 5.88. The molecule has 0 radical (unpaired) electrons. The van der Waals surface area contributed by atoms with Crippen LogP contribution in [0.4, 0.5) is 0 Å². The van der Waals surface area contributed by atoms with E-state index in [1.165, 1.54) is 0 Å². The molecule has 2 aromatic carbocycles. The molecule has 0 saturated heterocycles. The Labute approximate surface area is 149 Å². The Morgan fingerprint density at radius 3 is 2.36 bits per heavy atom. The number of rotatable bonds is 7. The number of nitrogens with zero attached hydrogens (tertiary/aromatic N) is 1. The zero-order chi connectivity index (χ0) is 18.2. The number of aryl methyl sites for hydroxylation is 1. The van der Waals surface area contributed by atoms with Crippen molar-refractivity contribution in [1.29, 1.82) is 0 Å². The first kappa shape index (κ1) is 18.7. The lowest BCUT2D eigenvalue weighted by atomic mass is 10.1. The van der Waals surface area contributed by atoms with Gasteiger partial charge < -0.3 is 10.2 Å². The second-order valence-electron chi connectivity index (χ2n) is 6.24. The van der Waals surface area contributed by atoms with Crippen molar-refractivity contribution in [3.63, 3.8) is 0 Å². The molecule has 1 atom stereocenters. The number of nitrogens with one attached hydrogen (secondary N) is 1. The normalized spacial score (nSPS) is 11.6. The predicted molar refractivity (Wildman–Crippen MR) is 100 cm³/mol. The Bertz CT molecular complexity index is 713. The summed E-state index contributed by atoms with van der Waals surface area (Å²) < 4.78 is 0. The van der Waals surface area contributed by atoms with E-state index < -0.39 is 6.04 Å². The first-order valence-electron chi connectivity index (χ1n) is 8.68. The van der Waals surface area contributed by atoms with Gasteiger partial charge in [-0.05, 0) is 31.9 Å². The van der Waals surface area contributed by atoms with Gasteiger partial charge in [-0.15, -0.1) is 0 Å². The molecule has 132 valence electrons. The van der Waals surface area contributed by atoms with Gasteiger partial charge in [0.2, 0.25) is 11.8 Å². The van der Waals surface area contributed by atoms with Crippen LogP contribution in [0.25, 0.3) is 0 Å². The monoisotopic (exact) mass is 338 g/mol. The van der Waals surface area contributed by atoms with Crippen LogP contribution in [0.1, 0.15) is 30.5 Å². The summed E-state index contributed by atoms with van der Waals surface area (Å²) in [5.41, 5.74) is 3.10. The van der Waals surface area contributed by atoms with E-state index in [0.29, 0.717) is 13.1 Å². The summed E-state index contributed by atoms with van der Waals surface area (Å²) in [7, 11) is 0. The van der Waals surface area contributed by atoms with Gasteiger partial charge in [0, 0.05) is 13.1 Å². The maximum atomic E-state index is 12.9. The van der Waals surface area contributed by atoms with Crippen LogP contribution in [0.5, 0.6) is 0 Å². The van der Waals surface area contributed by atoms with Crippen molar-refractivity contribution in [3.05, 3.63) is 71.3 Å². The van der Waals surface area contributed by atoms with Crippen molar-refractivity contribution in [2.24, 2.45) is 0 Å². The van der Waals surface area contributed by atoms with Crippen LogP contribution in [0, 0.1) is 6.92 Å². The highest BCUT2D eigenvalue weighted by Crippen LogP contribution is 2.13. The number of amides is 2. The van der Waals surface area contributed by atoms with E-state index in [0.717, 1.165) is 16.7 Å². The molecule has 0 fully saturated rings. The average Bonchev–Trinajstić information content (AvgIpc) is 2.60. The van der Waals surface area contributed by atoms with Gasteiger partial charge >= 0.3 is 0 Å². The number of hydrogen-bond acceptors (Lipinski definition) is 2. The molecule has 2 aromatic rings. The second-order valence-corrected chi connectivity index (χ2v) is 6.24. The van der Waals surface area contributed by atoms with Crippen molar-refractivity contribution in [1.82, 2.24) is 10.2 Å². The lowest BCUT2D eigenvalue weighted by Gasteiger charge is -2.29. The molecule has 1 N–H and O–H groups in total. The molecule has 2 rings (SSSR count). The van der Waals surface area contributed by atoms with Gasteiger partial charge in [-0.25, -0.2) is 0 Å². The zero-order valence-electron chi connectivity index (χ0n) is 15.2. The van der Waals surface area contributed by atoms with Gasteiger partial charge in [-0.3, -0.25) is 9.59 Å². The first-order chi connectivity index (χ1) is 12.0. The number of carbonyl (C=O) groups excluding carboxylic acids is 2. The van der Waals surface area contributed by atoms with Crippen molar-refractivity contribution >= 4 is 11.8 Å². The highest BCUT2D eigenvalue weighted by atomic mass is 16.2. The predicted octanol–water partition coefficient (Wildman–Crippen LogP) is 3.09. The fraction of sp³-hybridized carbons (Fsp3) is 0.333. The van der Waals surface area contributed by atoms with Crippen LogP contribution < -0.4 is 5.32 Å². The Kier molecular flexibility index (Phi) is 6.75. The third-order valence-corrected chi connectivity index (χ3v) is 4.15. The topological polar surface area (TPSA) is 49.4 Å². The molecule has 0 aromatic heterocycles. The molecule has 0 bridgehead atoms. The molecule has 0 heterocycles. The van der Waals surface area contributed by atoms with E-state index in [2.05, 4.69) is 5.32 Å². The molecule has 1 unspecified atom stereocenters. The summed E-state index contributed by atoms with van der Waals surface area (Å²) >= 11 is 0. The first-order valence-corrected chi connectivity index (χ1v) is 8.68. The van der Waals surface area contributed by atoms with Gasteiger partial charge in [-0.2, -0.15) is 0 Å². The minimum atomic E-state index is -0.516. The second kappa shape index (κ2) is 9.02. The molecule has 0 aliphatic rings. The smallest absolute Gasteiger partial charge is 0.242 e. The van der Waals surface area contributed by atoms with Crippen molar-refractivity contribution in [2.75, 3.05) is 6.54 Å².